The number of amidine groups is 1. The van der Waals surface area contributed by atoms with Crippen LogP contribution in [0.5, 0.6) is 0 Å². The SMILES string of the molecule is CCC(C)n1c(C)c(C)[n+]2c1N=C1C2C(=O)N(C)C(=O)N1C. The van der Waals surface area contributed by atoms with Gasteiger partial charge in [0, 0.05) is 14.1 Å². The van der Waals surface area contributed by atoms with E-state index in [9.17, 15) is 9.59 Å². The second-order valence-corrected chi connectivity index (χ2v) is 6.08. The maximum atomic E-state index is 12.6. The van der Waals surface area contributed by atoms with Crippen LogP contribution in [-0.2, 0) is 4.79 Å². The fourth-order valence-corrected chi connectivity index (χ4v) is 3.25. The highest BCUT2D eigenvalue weighted by molar-refractivity contribution is 6.18. The quantitative estimate of drug-likeness (QED) is 0.777. The van der Waals surface area contributed by atoms with E-state index in [4.69, 9.17) is 0 Å². The number of imide groups is 1. The molecule has 0 saturated carbocycles. The van der Waals surface area contributed by atoms with E-state index < -0.39 is 6.04 Å². The molecule has 7 heteroatoms. The number of amides is 3. The smallest absolute Gasteiger partial charge is 0.270 e. The molecule has 1 aromatic heterocycles. The minimum atomic E-state index is -0.535. The van der Waals surface area contributed by atoms with Crippen molar-refractivity contribution >= 4 is 23.7 Å². The molecule has 3 heterocycles. The number of urea groups is 1. The zero-order valence-electron chi connectivity index (χ0n) is 13.9. The number of fused-ring (bicyclic) bond motifs is 3. The van der Waals surface area contributed by atoms with Gasteiger partial charge in [-0.1, -0.05) is 11.9 Å². The van der Waals surface area contributed by atoms with Crippen LogP contribution < -0.4 is 4.57 Å². The van der Waals surface area contributed by atoms with Crippen molar-refractivity contribution in [1.29, 1.82) is 0 Å². The van der Waals surface area contributed by atoms with Crippen LogP contribution in [0.4, 0.5) is 10.7 Å². The molecule has 0 N–H and O–H groups in total. The van der Waals surface area contributed by atoms with Gasteiger partial charge in [0.25, 0.3) is 5.91 Å². The van der Waals surface area contributed by atoms with Crippen molar-refractivity contribution in [1.82, 2.24) is 14.4 Å². The van der Waals surface area contributed by atoms with Crippen LogP contribution in [0, 0.1) is 13.8 Å². The highest BCUT2D eigenvalue weighted by Crippen LogP contribution is 2.33. The van der Waals surface area contributed by atoms with Crippen LogP contribution in [0.2, 0.25) is 0 Å². The molecule has 7 nitrogen and oxygen atoms in total. The van der Waals surface area contributed by atoms with Crippen LogP contribution in [0.25, 0.3) is 0 Å². The summed E-state index contributed by atoms with van der Waals surface area (Å²) >= 11 is 0. The van der Waals surface area contributed by atoms with Gasteiger partial charge in [-0.15, -0.1) is 0 Å². The highest BCUT2D eigenvalue weighted by atomic mass is 16.2. The largest absolute Gasteiger partial charge is 0.402 e. The topological polar surface area (TPSA) is 61.8 Å². The summed E-state index contributed by atoms with van der Waals surface area (Å²) < 4.78 is 4.12. The van der Waals surface area contributed by atoms with Gasteiger partial charge in [0.05, 0.1) is 6.04 Å². The third-order valence-electron chi connectivity index (χ3n) is 4.91. The molecule has 2 atom stereocenters. The zero-order valence-corrected chi connectivity index (χ0v) is 13.9. The van der Waals surface area contributed by atoms with E-state index >= 15 is 0 Å². The maximum Gasteiger partial charge on any atom is 0.402 e. The fourth-order valence-electron chi connectivity index (χ4n) is 3.25. The predicted molar refractivity (Wildman–Crippen MR) is 81.2 cm³/mol. The minimum absolute atomic E-state index is 0.227. The van der Waals surface area contributed by atoms with Crippen molar-refractivity contribution in [2.45, 2.75) is 46.2 Å². The Labute approximate surface area is 129 Å². The molecule has 2 unspecified atom stereocenters. The average molecular weight is 304 g/mol. The Balaban J connectivity index is 2.24. The van der Waals surface area contributed by atoms with E-state index in [0.29, 0.717) is 5.84 Å². The first-order chi connectivity index (χ1) is 10.3. The van der Waals surface area contributed by atoms with Crippen molar-refractivity contribution < 1.29 is 14.2 Å². The molecule has 2 aliphatic heterocycles. The number of aromatic nitrogens is 2. The molecule has 0 aromatic carbocycles. The summed E-state index contributed by atoms with van der Waals surface area (Å²) in [4.78, 5) is 32.0. The summed E-state index contributed by atoms with van der Waals surface area (Å²) in [5.41, 5.74) is 2.13. The van der Waals surface area contributed by atoms with Crippen LogP contribution in [-0.4, -0.2) is 46.2 Å². The second kappa shape index (κ2) is 4.66. The standard InChI is InChI=1S/C15H22N5O2/c1-7-8(2)19-9(3)10(4)20-11-12(16-14(19)20)17(5)15(22)18(6)13(11)21/h8,11H,7H2,1-6H3/q+1. The number of carbonyl (C=O) groups is 2. The molecular weight excluding hydrogens is 282 g/mol. The number of hydrogen-bond acceptors (Lipinski definition) is 3. The monoisotopic (exact) mass is 304 g/mol. The summed E-state index contributed by atoms with van der Waals surface area (Å²) in [6, 6.07) is -0.588. The number of carbonyl (C=O) groups excluding carboxylic acids is 2. The second-order valence-electron chi connectivity index (χ2n) is 6.08. The summed E-state index contributed by atoms with van der Waals surface area (Å²) in [7, 11) is 3.18. The summed E-state index contributed by atoms with van der Waals surface area (Å²) in [6.07, 6.45) is 0.972. The minimum Gasteiger partial charge on any atom is -0.270 e. The molecule has 0 aliphatic carbocycles. The third kappa shape index (κ3) is 1.62. The van der Waals surface area contributed by atoms with Crippen LogP contribution >= 0.6 is 0 Å². The number of imidazole rings is 1. The van der Waals surface area contributed by atoms with Gasteiger partial charge < -0.3 is 0 Å². The first-order valence-electron chi connectivity index (χ1n) is 7.58. The van der Waals surface area contributed by atoms with E-state index in [1.807, 2.05) is 18.4 Å². The number of nitrogens with zero attached hydrogens (tertiary/aromatic N) is 5. The van der Waals surface area contributed by atoms with Crippen molar-refractivity contribution in [3.63, 3.8) is 0 Å². The molecule has 1 fully saturated rings. The third-order valence-corrected chi connectivity index (χ3v) is 4.91. The lowest BCUT2D eigenvalue weighted by molar-refractivity contribution is -0.682. The number of hydrogen-bond donors (Lipinski definition) is 0. The Morgan fingerprint density at radius 2 is 1.86 bits per heavy atom. The Morgan fingerprint density at radius 3 is 2.45 bits per heavy atom. The molecule has 0 radical (unpaired) electrons. The van der Waals surface area contributed by atoms with Crippen molar-refractivity contribution in [3.05, 3.63) is 11.4 Å². The summed E-state index contributed by atoms with van der Waals surface area (Å²) in [5, 5.41) is 0. The molecule has 118 valence electrons. The lowest BCUT2D eigenvalue weighted by atomic mass is 10.1. The van der Waals surface area contributed by atoms with Crippen LogP contribution in [0.3, 0.4) is 0 Å². The molecule has 1 saturated heterocycles. The van der Waals surface area contributed by atoms with Crippen molar-refractivity contribution in [2.24, 2.45) is 4.99 Å². The number of likely N-dealkylation sites (N-methyl/N-ethyl adjacent to an activating group) is 2. The van der Waals surface area contributed by atoms with E-state index in [1.165, 1.54) is 16.8 Å². The van der Waals surface area contributed by atoms with Crippen LogP contribution in [0.15, 0.2) is 4.99 Å². The predicted octanol–water partition coefficient (Wildman–Crippen LogP) is 1.47. The van der Waals surface area contributed by atoms with E-state index in [2.05, 4.69) is 23.4 Å². The molecule has 2 aliphatic rings. The Morgan fingerprint density at radius 1 is 1.23 bits per heavy atom. The van der Waals surface area contributed by atoms with Gasteiger partial charge in [-0.3, -0.25) is 14.6 Å². The zero-order chi connectivity index (χ0) is 16.3. The Hall–Kier alpha value is -2.18. The number of aliphatic imine (C=N–C) groups is 1. The number of rotatable bonds is 2. The highest BCUT2D eigenvalue weighted by Gasteiger charge is 2.53. The van der Waals surface area contributed by atoms with Crippen LogP contribution in [0.1, 0.15) is 43.7 Å². The summed E-state index contributed by atoms with van der Waals surface area (Å²) in [6.45, 7) is 8.31. The molecule has 0 bridgehead atoms. The van der Waals surface area contributed by atoms with Gasteiger partial charge in [0.15, 0.2) is 0 Å². The van der Waals surface area contributed by atoms with E-state index in [-0.39, 0.29) is 18.0 Å². The molecule has 22 heavy (non-hydrogen) atoms. The van der Waals surface area contributed by atoms with Gasteiger partial charge in [-0.05, 0) is 27.2 Å². The maximum absolute atomic E-state index is 12.6. The van der Waals surface area contributed by atoms with Gasteiger partial charge in [0.2, 0.25) is 11.9 Å². The van der Waals surface area contributed by atoms with Gasteiger partial charge in [-0.25, -0.2) is 13.9 Å². The van der Waals surface area contributed by atoms with Gasteiger partial charge >= 0.3 is 12.0 Å². The molecule has 3 amide bonds. The Kier molecular flexibility index (Phi) is 3.12. The molecular formula is C15H22N5O2+. The lowest BCUT2D eigenvalue weighted by Gasteiger charge is -2.30. The molecule has 3 rings (SSSR count). The van der Waals surface area contributed by atoms with Gasteiger partial charge in [-0.2, -0.15) is 0 Å². The molecule has 1 aromatic rings. The lowest BCUT2D eigenvalue weighted by Crippen LogP contribution is -2.62. The first kappa shape index (κ1) is 14.7. The van der Waals surface area contributed by atoms with E-state index in [1.54, 1.807) is 7.05 Å². The normalized spacial score (nSPS) is 21.9. The fraction of sp³-hybridized carbons (Fsp3) is 0.600. The Bertz CT molecular complexity index is 718. The summed E-state index contributed by atoms with van der Waals surface area (Å²) in [5.74, 6) is 1.05. The van der Waals surface area contributed by atoms with E-state index in [0.717, 1.165) is 23.8 Å². The van der Waals surface area contributed by atoms with Crippen molar-refractivity contribution in [3.8, 4) is 0 Å². The first-order valence-corrected chi connectivity index (χ1v) is 7.58. The van der Waals surface area contributed by atoms with Gasteiger partial charge in [0.1, 0.15) is 11.4 Å². The average Bonchev–Trinajstić information content (AvgIpc) is 2.99. The van der Waals surface area contributed by atoms with Crippen molar-refractivity contribution in [2.75, 3.05) is 14.1 Å². The molecule has 0 spiro atoms.